The second-order valence-corrected chi connectivity index (χ2v) is 8.96. The lowest BCUT2D eigenvalue weighted by Gasteiger charge is -2.18. The first kappa shape index (κ1) is 15.9. The van der Waals surface area contributed by atoms with Crippen molar-refractivity contribution in [1.82, 2.24) is 18.9 Å². The Balaban J connectivity index is 1.60. The summed E-state index contributed by atoms with van der Waals surface area (Å²) in [5.41, 5.74) is 0.954. The van der Waals surface area contributed by atoms with E-state index in [4.69, 9.17) is 0 Å². The van der Waals surface area contributed by atoms with Gasteiger partial charge in [-0.2, -0.15) is 8.75 Å². The molecule has 0 amide bonds. The number of fused-ring (bicyclic) bond motifs is 1. The molecule has 3 aromatic rings. The van der Waals surface area contributed by atoms with Crippen LogP contribution in [-0.2, 0) is 10.0 Å². The predicted molar refractivity (Wildman–Crippen MR) is 94.0 cm³/mol. The van der Waals surface area contributed by atoms with E-state index < -0.39 is 10.0 Å². The van der Waals surface area contributed by atoms with Crippen LogP contribution in [0.2, 0.25) is 0 Å². The van der Waals surface area contributed by atoms with Crippen LogP contribution in [0.25, 0.3) is 11.0 Å². The summed E-state index contributed by atoms with van der Waals surface area (Å²) in [6.07, 6.45) is 5.87. The van der Waals surface area contributed by atoms with Gasteiger partial charge in [-0.15, -0.1) is 10.2 Å². The molecule has 10 heteroatoms. The zero-order valence-corrected chi connectivity index (χ0v) is 15.1. The fraction of sp³-hybridized carbons (Fsp3) is 0.429. The van der Waals surface area contributed by atoms with Crippen LogP contribution in [0.5, 0.6) is 0 Å². The number of benzene rings is 1. The van der Waals surface area contributed by atoms with Crippen LogP contribution < -0.4 is 4.72 Å². The number of nitrogens with one attached hydrogen (secondary N) is 1. The van der Waals surface area contributed by atoms with Gasteiger partial charge >= 0.3 is 0 Å². The smallest absolute Gasteiger partial charge is 0.253 e. The van der Waals surface area contributed by atoms with Gasteiger partial charge in [-0.3, -0.25) is 4.72 Å². The lowest BCUT2D eigenvalue weighted by molar-refractivity contribution is 0.440. The fourth-order valence-corrected chi connectivity index (χ4v) is 5.87. The second kappa shape index (κ2) is 6.34. The summed E-state index contributed by atoms with van der Waals surface area (Å²) < 4.78 is 36.0. The number of hydrogen-bond acceptors (Lipinski definition) is 8. The van der Waals surface area contributed by atoms with E-state index in [-0.39, 0.29) is 4.90 Å². The van der Waals surface area contributed by atoms with E-state index in [0.29, 0.717) is 22.1 Å². The fourth-order valence-electron chi connectivity index (χ4n) is 2.96. The Bertz CT molecular complexity index is 960. The van der Waals surface area contributed by atoms with Crippen molar-refractivity contribution in [2.75, 3.05) is 4.72 Å². The molecule has 1 fully saturated rings. The summed E-state index contributed by atoms with van der Waals surface area (Å²) in [6.45, 7) is 0. The number of rotatable bonds is 4. The first-order valence-corrected chi connectivity index (χ1v) is 10.7. The zero-order chi connectivity index (χ0) is 16.6. The van der Waals surface area contributed by atoms with Crippen molar-refractivity contribution >= 4 is 49.3 Å². The molecule has 1 N–H and O–H groups in total. The molecular formula is C14H15N5O2S3. The van der Waals surface area contributed by atoms with Crippen LogP contribution >= 0.6 is 23.1 Å². The number of hydrogen-bond donors (Lipinski definition) is 1. The summed E-state index contributed by atoms with van der Waals surface area (Å²) in [5.74, 6) is 0.403. The number of nitrogens with zero attached hydrogens (tertiary/aromatic N) is 4. The SMILES string of the molecule is O=S(=O)(Nc1nnc(C2CCCCC2)s1)c1cccc2nsnc12. The highest BCUT2D eigenvalue weighted by molar-refractivity contribution is 7.93. The van der Waals surface area contributed by atoms with E-state index in [1.807, 2.05) is 0 Å². The lowest BCUT2D eigenvalue weighted by Crippen LogP contribution is -2.13. The normalized spacial score (nSPS) is 16.5. The molecular weight excluding hydrogens is 366 g/mol. The molecule has 0 unspecified atom stereocenters. The molecule has 24 heavy (non-hydrogen) atoms. The largest absolute Gasteiger partial charge is 0.265 e. The van der Waals surface area contributed by atoms with Gasteiger partial charge in [-0.25, -0.2) is 8.42 Å². The van der Waals surface area contributed by atoms with Crippen LogP contribution in [-0.4, -0.2) is 27.4 Å². The van der Waals surface area contributed by atoms with Crippen LogP contribution in [0.3, 0.4) is 0 Å². The Hall–Kier alpha value is -1.65. The molecule has 1 saturated carbocycles. The van der Waals surface area contributed by atoms with Crippen molar-refractivity contribution in [3.05, 3.63) is 23.2 Å². The standard InChI is InChI=1S/C14H15N5O2S3/c20-24(21,11-8-4-7-10-12(11)18-23-17-10)19-14-16-15-13(22-14)9-5-2-1-3-6-9/h4,7-9H,1-3,5-6H2,(H,16,19). The van der Waals surface area contributed by atoms with Gasteiger partial charge in [0.05, 0.1) is 11.7 Å². The van der Waals surface area contributed by atoms with Gasteiger partial charge in [0.25, 0.3) is 10.0 Å². The molecule has 1 aromatic carbocycles. The van der Waals surface area contributed by atoms with E-state index in [2.05, 4.69) is 23.7 Å². The van der Waals surface area contributed by atoms with E-state index in [1.165, 1.54) is 36.7 Å². The van der Waals surface area contributed by atoms with Crippen LogP contribution in [0.15, 0.2) is 23.1 Å². The minimum Gasteiger partial charge on any atom is -0.253 e. The van der Waals surface area contributed by atoms with E-state index in [9.17, 15) is 8.42 Å². The third-order valence-corrected chi connectivity index (χ3v) is 7.20. The minimum atomic E-state index is -3.77. The maximum Gasteiger partial charge on any atom is 0.265 e. The van der Waals surface area contributed by atoms with E-state index in [1.54, 1.807) is 12.1 Å². The van der Waals surface area contributed by atoms with Crippen molar-refractivity contribution in [2.24, 2.45) is 0 Å². The summed E-state index contributed by atoms with van der Waals surface area (Å²) in [4.78, 5) is 0.114. The molecule has 0 radical (unpaired) electrons. The topological polar surface area (TPSA) is 97.7 Å². The van der Waals surface area contributed by atoms with Crippen molar-refractivity contribution in [3.63, 3.8) is 0 Å². The second-order valence-electron chi connectivity index (χ2n) is 5.77. The molecule has 1 aliphatic carbocycles. The molecule has 7 nitrogen and oxygen atoms in total. The van der Waals surface area contributed by atoms with Crippen molar-refractivity contribution < 1.29 is 8.42 Å². The summed E-state index contributed by atoms with van der Waals surface area (Å²) in [6, 6.07) is 4.92. The summed E-state index contributed by atoms with van der Waals surface area (Å²) >= 11 is 2.32. The Morgan fingerprint density at radius 1 is 1.08 bits per heavy atom. The van der Waals surface area contributed by atoms with Gasteiger partial charge in [0, 0.05) is 5.92 Å². The molecule has 0 bridgehead atoms. The Kier molecular flexibility index (Phi) is 4.19. The number of aromatic nitrogens is 4. The van der Waals surface area contributed by atoms with Crippen LogP contribution in [0.4, 0.5) is 5.13 Å². The van der Waals surface area contributed by atoms with Crippen molar-refractivity contribution in [2.45, 2.75) is 42.9 Å². The maximum absolute atomic E-state index is 12.7. The van der Waals surface area contributed by atoms with Gasteiger partial charge in [0.1, 0.15) is 20.9 Å². The quantitative estimate of drug-likeness (QED) is 0.744. The van der Waals surface area contributed by atoms with E-state index in [0.717, 1.165) is 29.6 Å². The first-order valence-electron chi connectivity index (χ1n) is 7.71. The maximum atomic E-state index is 12.7. The van der Waals surface area contributed by atoms with Gasteiger partial charge in [0.2, 0.25) is 5.13 Å². The highest BCUT2D eigenvalue weighted by atomic mass is 32.2. The van der Waals surface area contributed by atoms with Gasteiger partial charge in [-0.1, -0.05) is 36.7 Å². The molecule has 0 spiro atoms. The molecule has 1 aliphatic rings. The molecule has 2 aromatic heterocycles. The summed E-state index contributed by atoms with van der Waals surface area (Å²) in [5, 5.41) is 9.42. The molecule has 0 saturated heterocycles. The number of sulfonamides is 1. The van der Waals surface area contributed by atoms with Crippen molar-refractivity contribution in [1.29, 1.82) is 0 Å². The van der Waals surface area contributed by atoms with Crippen molar-refractivity contribution in [3.8, 4) is 0 Å². The average Bonchev–Trinajstić information content (AvgIpc) is 3.24. The predicted octanol–water partition coefficient (Wildman–Crippen LogP) is 3.39. The molecule has 0 aliphatic heterocycles. The zero-order valence-electron chi connectivity index (χ0n) is 12.7. The molecule has 2 heterocycles. The molecule has 0 atom stereocenters. The Morgan fingerprint density at radius 3 is 2.75 bits per heavy atom. The van der Waals surface area contributed by atoms with Crippen LogP contribution in [0, 0.1) is 0 Å². The summed E-state index contributed by atoms with van der Waals surface area (Å²) in [7, 11) is -3.77. The van der Waals surface area contributed by atoms with E-state index >= 15 is 0 Å². The van der Waals surface area contributed by atoms with Gasteiger partial charge < -0.3 is 0 Å². The number of anilines is 1. The van der Waals surface area contributed by atoms with Gasteiger partial charge in [0.15, 0.2) is 0 Å². The van der Waals surface area contributed by atoms with Gasteiger partial charge in [-0.05, 0) is 25.0 Å². The monoisotopic (exact) mass is 381 g/mol. The Labute approximate surface area is 147 Å². The molecule has 126 valence electrons. The average molecular weight is 382 g/mol. The minimum absolute atomic E-state index is 0.114. The third kappa shape index (κ3) is 3.01. The highest BCUT2D eigenvalue weighted by Gasteiger charge is 2.24. The highest BCUT2D eigenvalue weighted by Crippen LogP contribution is 2.35. The van der Waals surface area contributed by atoms with Crippen LogP contribution in [0.1, 0.15) is 43.0 Å². The first-order chi connectivity index (χ1) is 11.6. The lowest BCUT2D eigenvalue weighted by atomic mass is 9.90. The molecule has 4 rings (SSSR count). The third-order valence-electron chi connectivity index (χ3n) is 4.16. The Morgan fingerprint density at radius 2 is 1.92 bits per heavy atom.